The zero-order valence-electron chi connectivity index (χ0n) is 11.2. The van der Waals surface area contributed by atoms with Crippen LogP contribution < -0.4 is 0 Å². The van der Waals surface area contributed by atoms with E-state index in [0.29, 0.717) is 0 Å². The fourth-order valence-corrected chi connectivity index (χ4v) is 1.78. The van der Waals surface area contributed by atoms with Gasteiger partial charge in [0, 0.05) is 6.54 Å². The summed E-state index contributed by atoms with van der Waals surface area (Å²) in [5, 5.41) is 0. The van der Waals surface area contributed by atoms with Crippen LogP contribution in [0.15, 0.2) is 36.5 Å². The molecule has 1 aliphatic rings. The summed E-state index contributed by atoms with van der Waals surface area (Å²) in [4.78, 5) is 2.51. The quantitative estimate of drug-likeness (QED) is 0.643. The molecule has 1 saturated heterocycles. The van der Waals surface area contributed by atoms with Crippen LogP contribution in [0.4, 0.5) is 0 Å². The Morgan fingerprint density at radius 1 is 1.19 bits per heavy atom. The van der Waals surface area contributed by atoms with Crippen molar-refractivity contribution in [2.45, 2.75) is 40.0 Å². The predicted octanol–water partition coefficient (Wildman–Crippen LogP) is 4.19. The first-order chi connectivity index (χ1) is 7.86. The molecule has 1 nitrogen and oxygen atoms in total. The van der Waals surface area contributed by atoms with Crippen LogP contribution in [0.1, 0.15) is 40.0 Å². The summed E-state index contributed by atoms with van der Waals surface area (Å²) in [5.41, 5.74) is 1.32. The van der Waals surface area contributed by atoms with Crippen LogP contribution in [-0.2, 0) is 0 Å². The molecule has 16 heavy (non-hydrogen) atoms. The summed E-state index contributed by atoms with van der Waals surface area (Å²) in [5.74, 6) is 0. The molecule has 0 saturated carbocycles. The lowest BCUT2D eigenvalue weighted by Crippen LogP contribution is -2.31. The van der Waals surface area contributed by atoms with E-state index < -0.39 is 0 Å². The van der Waals surface area contributed by atoms with Crippen LogP contribution in [0.3, 0.4) is 0 Å². The first kappa shape index (κ1) is 15.2. The van der Waals surface area contributed by atoms with Crippen molar-refractivity contribution in [3.8, 4) is 0 Å². The Hall–Kier alpha value is -0.820. The molecule has 1 aliphatic heterocycles. The normalized spacial score (nSPS) is 18.1. The third-order valence-electron chi connectivity index (χ3n) is 2.62. The highest BCUT2D eigenvalue weighted by Gasteiger charge is 2.09. The molecule has 0 N–H and O–H groups in total. The van der Waals surface area contributed by atoms with Crippen molar-refractivity contribution in [3.63, 3.8) is 0 Å². The summed E-state index contributed by atoms with van der Waals surface area (Å²) in [6, 6.07) is 0. The third kappa shape index (κ3) is 6.62. The van der Waals surface area contributed by atoms with Crippen molar-refractivity contribution in [3.05, 3.63) is 36.5 Å². The molecule has 0 atom stereocenters. The molecular weight excluding hydrogens is 194 g/mol. The van der Waals surface area contributed by atoms with Crippen molar-refractivity contribution in [1.29, 1.82) is 0 Å². The molecule has 0 aliphatic carbocycles. The Balaban J connectivity index is 0.00000106. The summed E-state index contributed by atoms with van der Waals surface area (Å²) >= 11 is 0. The van der Waals surface area contributed by atoms with Gasteiger partial charge in [-0.25, -0.2) is 0 Å². The molecule has 1 heterocycles. The Morgan fingerprint density at radius 3 is 2.31 bits per heavy atom. The highest BCUT2D eigenvalue weighted by molar-refractivity contribution is 5.23. The Labute approximate surface area is 102 Å². The van der Waals surface area contributed by atoms with Crippen molar-refractivity contribution < 1.29 is 0 Å². The first-order valence-corrected chi connectivity index (χ1v) is 6.53. The molecule has 0 aromatic carbocycles. The van der Waals surface area contributed by atoms with Crippen LogP contribution in [0, 0.1) is 0 Å². The third-order valence-corrected chi connectivity index (χ3v) is 2.62. The van der Waals surface area contributed by atoms with Crippen LogP contribution >= 0.6 is 0 Å². The van der Waals surface area contributed by atoms with Crippen LogP contribution in [-0.4, -0.2) is 24.5 Å². The van der Waals surface area contributed by atoms with Gasteiger partial charge in [0.2, 0.25) is 0 Å². The van der Waals surface area contributed by atoms with Gasteiger partial charge >= 0.3 is 0 Å². The lowest BCUT2D eigenvalue weighted by atomic mass is 10.1. The maximum atomic E-state index is 3.85. The van der Waals surface area contributed by atoms with E-state index in [4.69, 9.17) is 0 Å². The lowest BCUT2D eigenvalue weighted by molar-refractivity contribution is 0.248. The fraction of sp³-hybridized carbons (Fsp3) is 0.600. The smallest absolute Gasteiger partial charge is 0.0233 e. The average Bonchev–Trinajstić information content (AvgIpc) is 2.38. The average molecular weight is 221 g/mol. The molecule has 0 aromatic heterocycles. The molecule has 1 fully saturated rings. The molecule has 0 radical (unpaired) electrons. The van der Waals surface area contributed by atoms with Gasteiger partial charge in [0.25, 0.3) is 0 Å². The van der Waals surface area contributed by atoms with E-state index in [1.54, 1.807) is 0 Å². The van der Waals surface area contributed by atoms with Gasteiger partial charge in [-0.15, -0.1) is 0 Å². The van der Waals surface area contributed by atoms with E-state index in [9.17, 15) is 0 Å². The number of nitrogens with zero attached hydrogens (tertiary/aromatic N) is 1. The van der Waals surface area contributed by atoms with E-state index in [1.165, 1.54) is 37.9 Å². The molecule has 0 aromatic rings. The number of likely N-dealkylation sites (tertiary alicyclic amines) is 1. The van der Waals surface area contributed by atoms with Crippen LogP contribution in [0.5, 0.6) is 0 Å². The molecular formula is C15H27N. The largest absolute Gasteiger partial charge is 0.299 e. The second-order valence-corrected chi connectivity index (χ2v) is 3.81. The van der Waals surface area contributed by atoms with Crippen molar-refractivity contribution in [2.24, 2.45) is 0 Å². The predicted molar refractivity (Wildman–Crippen MR) is 74.7 cm³/mol. The summed E-state index contributed by atoms with van der Waals surface area (Å²) < 4.78 is 0. The summed E-state index contributed by atoms with van der Waals surface area (Å²) in [7, 11) is 0. The van der Waals surface area contributed by atoms with Crippen molar-refractivity contribution in [2.75, 3.05) is 19.6 Å². The second kappa shape index (κ2) is 10.7. The van der Waals surface area contributed by atoms with E-state index in [1.807, 2.05) is 26.8 Å². The van der Waals surface area contributed by atoms with Gasteiger partial charge in [-0.05, 0) is 38.4 Å². The van der Waals surface area contributed by atoms with Crippen molar-refractivity contribution >= 4 is 0 Å². The van der Waals surface area contributed by atoms with Gasteiger partial charge in [0.15, 0.2) is 0 Å². The maximum Gasteiger partial charge on any atom is 0.0233 e. The number of rotatable bonds is 4. The molecule has 0 spiro atoms. The highest BCUT2D eigenvalue weighted by atomic mass is 15.1. The maximum absolute atomic E-state index is 3.85. The van der Waals surface area contributed by atoms with Gasteiger partial charge < -0.3 is 0 Å². The van der Waals surface area contributed by atoms with Gasteiger partial charge in [0.05, 0.1) is 0 Å². The lowest BCUT2D eigenvalue weighted by Gasteiger charge is -2.26. The molecule has 1 heteroatoms. The zero-order valence-corrected chi connectivity index (χ0v) is 11.2. The standard InChI is InChI=1S/C13H21N.C2H6/c1-3-5-9-13(4-2)12-14-10-7-6-8-11-14;1-2/h3-5,9H,2,6-8,10-12H2,1H3;1-2H3/b5-3-,13-9+;. The minimum atomic E-state index is 1.06. The van der Waals surface area contributed by atoms with Crippen molar-refractivity contribution in [1.82, 2.24) is 4.90 Å². The molecule has 0 amide bonds. The monoisotopic (exact) mass is 221 g/mol. The van der Waals surface area contributed by atoms with E-state index >= 15 is 0 Å². The summed E-state index contributed by atoms with van der Waals surface area (Å²) in [6.45, 7) is 13.5. The topological polar surface area (TPSA) is 3.24 Å². The van der Waals surface area contributed by atoms with Gasteiger partial charge in [0.1, 0.15) is 0 Å². The molecule has 92 valence electrons. The fourth-order valence-electron chi connectivity index (χ4n) is 1.78. The number of hydrogen-bond donors (Lipinski definition) is 0. The van der Waals surface area contributed by atoms with E-state index in [2.05, 4.69) is 29.7 Å². The Bertz CT molecular complexity index is 220. The molecule has 0 bridgehead atoms. The SMILES string of the molecule is C=C/C(=C\C=C/C)CN1CCCCC1.CC. The minimum absolute atomic E-state index is 1.06. The Morgan fingerprint density at radius 2 is 1.81 bits per heavy atom. The number of allylic oxidation sites excluding steroid dienone is 3. The van der Waals surface area contributed by atoms with Gasteiger partial charge in [-0.3, -0.25) is 4.90 Å². The Kier molecular flexibility index (Phi) is 10.1. The highest BCUT2D eigenvalue weighted by Crippen LogP contribution is 2.11. The molecule has 1 rings (SSSR count). The number of hydrogen-bond acceptors (Lipinski definition) is 1. The number of piperidine rings is 1. The van der Waals surface area contributed by atoms with Gasteiger partial charge in [-0.1, -0.05) is 51.2 Å². The summed E-state index contributed by atoms with van der Waals surface area (Å²) in [6.07, 6.45) is 12.4. The van der Waals surface area contributed by atoms with Crippen LogP contribution in [0.2, 0.25) is 0 Å². The zero-order chi connectivity index (χ0) is 12.2. The van der Waals surface area contributed by atoms with Gasteiger partial charge in [-0.2, -0.15) is 0 Å². The second-order valence-electron chi connectivity index (χ2n) is 3.81. The molecule has 0 unspecified atom stereocenters. The first-order valence-electron chi connectivity index (χ1n) is 6.53. The van der Waals surface area contributed by atoms with Crippen LogP contribution in [0.25, 0.3) is 0 Å². The van der Waals surface area contributed by atoms with E-state index in [0.717, 1.165) is 6.54 Å². The minimum Gasteiger partial charge on any atom is -0.299 e. The van der Waals surface area contributed by atoms with E-state index in [-0.39, 0.29) is 0 Å².